The number of hydrogen-bond acceptors (Lipinski definition) is 3. The highest BCUT2D eigenvalue weighted by Gasteiger charge is 2.05. The molecule has 0 aliphatic heterocycles. The predicted octanol–water partition coefficient (Wildman–Crippen LogP) is 1.10. The van der Waals surface area contributed by atoms with E-state index in [0.717, 1.165) is 0 Å². The summed E-state index contributed by atoms with van der Waals surface area (Å²) in [6, 6.07) is -0.687. The number of carboxylic acid groups (broad SMARTS) is 2. The van der Waals surface area contributed by atoms with Crippen molar-refractivity contribution in [3.8, 4) is 0 Å². The van der Waals surface area contributed by atoms with E-state index in [1.54, 1.807) is 6.92 Å². The minimum Gasteiger partial charge on any atom is -0.478 e. The third-order valence-electron chi connectivity index (χ3n) is 1.89. The van der Waals surface area contributed by atoms with Crippen LogP contribution in [0.4, 0.5) is 0 Å². The molecule has 92 valence electrons. The molecule has 5 nitrogen and oxygen atoms in total. The van der Waals surface area contributed by atoms with Crippen molar-refractivity contribution in [2.75, 3.05) is 0 Å². The quantitative estimate of drug-likeness (QED) is 0.474. The molecule has 1 atom stereocenters. The number of carboxylic acids is 2. The zero-order valence-corrected chi connectivity index (χ0v) is 9.46. The Hall–Kier alpha value is -2.14. The average Bonchev–Trinajstić information content (AvgIpc) is 2.25. The lowest BCUT2D eigenvalue weighted by Crippen LogP contribution is -2.16. The minimum atomic E-state index is -1.13. The Morgan fingerprint density at radius 2 is 1.76 bits per heavy atom. The molecular formula is C12H15NO4. The number of hydrogen-bond donors (Lipinski definition) is 3. The highest BCUT2D eigenvalue weighted by Crippen LogP contribution is 2.02. The van der Waals surface area contributed by atoms with Crippen LogP contribution in [-0.2, 0) is 9.59 Å². The van der Waals surface area contributed by atoms with E-state index >= 15 is 0 Å². The van der Waals surface area contributed by atoms with Crippen molar-refractivity contribution >= 4 is 11.9 Å². The van der Waals surface area contributed by atoms with Gasteiger partial charge in [0, 0.05) is 6.04 Å². The number of nitrogens with two attached hydrogens (primary N) is 1. The summed E-state index contributed by atoms with van der Waals surface area (Å²) >= 11 is 0. The Morgan fingerprint density at radius 3 is 2.12 bits per heavy atom. The molecule has 0 bridgehead atoms. The van der Waals surface area contributed by atoms with Crippen LogP contribution in [0.3, 0.4) is 0 Å². The van der Waals surface area contributed by atoms with E-state index in [2.05, 4.69) is 6.58 Å². The van der Waals surface area contributed by atoms with Gasteiger partial charge in [-0.1, -0.05) is 30.9 Å². The van der Waals surface area contributed by atoms with Gasteiger partial charge in [-0.05, 0) is 13.0 Å². The van der Waals surface area contributed by atoms with Crippen LogP contribution in [0.25, 0.3) is 0 Å². The summed E-state index contributed by atoms with van der Waals surface area (Å²) in [5.74, 6) is -2.20. The Morgan fingerprint density at radius 1 is 1.24 bits per heavy atom. The number of carbonyl (C=O) groups is 2. The van der Waals surface area contributed by atoms with E-state index < -0.39 is 18.0 Å². The molecule has 17 heavy (non-hydrogen) atoms. The molecule has 0 saturated carbocycles. The average molecular weight is 237 g/mol. The van der Waals surface area contributed by atoms with Gasteiger partial charge in [0.25, 0.3) is 0 Å². The Balaban J connectivity index is 4.81. The van der Waals surface area contributed by atoms with Crippen molar-refractivity contribution in [1.29, 1.82) is 0 Å². The van der Waals surface area contributed by atoms with Gasteiger partial charge in [-0.15, -0.1) is 0 Å². The normalized spacial score (nSPS) is 14.7. The van der Waals surface area contributed by atoms with Gasteiger partial charge >= 0.3 is 11.9 Å². The van der Waals surface area contributed by atoms with Crippen LogP contribution in [0, 0.1) is 0 Å². The molecule has 0 rings (SSSR count). The topological polar surface area (TPSA) is 101 Å². The molecule has 0 aliphatic rings. The van der Waals surface area contributed by atoms with Crippen molar-refractivity contribution in [2.24, 2.45) is 5.73 Å². The fourth-order valence-corrected chi connectivity index (χ4v) is 0.995. The third kappa shape index (κ3) is 5.48. The van der Waals surface area contributed by atoms with Gasteiger partial charge in [0.05, 0.1) is 11.1 Å². The Labute approximate surface area is 99.2 Å². The summed E-state index contributed by atoms with van der Waals surface area (Å²) in [5, 5.41) is 17.4. The molecule has 0 amide bonds. The number of aliphatic carboxylic acids is 2. The van der Waals surface area contributed by atoms with Gasteiger partial charge in [-0.2, -0.15) is 0 Å². The Bertz CT molecular complexity index is 405. The van der Waals surface area contributed by atoms with Crippen LogP contribution in [0.2, 0.25) is 0 Å². The smallest absolute Gasteiger partial charge is 0.335 e. The van der Waals surface area contributed by atoms with Gasteiger partial charge in [0.2, 0.25) is 0 Å². The van der Waals surface area contributed by atoms with E-state index in [1.807, 2.05) is 0 Å². The maximum atomic E-state index is 10.6. The van der Waals surface area contributed by atoms with E-state index in [4.69, 9.17) is 15.9 Å². The first kappa shape index (κ1) is 14.9. The SMILES string of the molecule is C=C/C(=C\C(N)/C=C\C(=C/C)C(=O)O)C(=O)O. The summed E-state index contributed by atoms with van der Waals surface area (Å²) < 4.78 is 0. The molecule has 0 heterocycles. The van der Waals surface area contributed by atoms with Crippen LogP contribution in [0.15, 0.2) is 48.1 Å². The maximum Gasteiger partial charge on any atom is 0.335 e. The predicted molar refractivity (Wildman–Crippen MR) is 64.4 cm³/mol. The first-order valence-electron chi connectivity index (χ1n) is 4.83. The highest BCUT2D eigenvalue weighted by atomic mass is 16.4. The largest absolute Gasteiger partial charge is 0.478 e. The van der Waals surface area contributed by atoms with Gasteiger partial charge in [-0.25, -0.2) is 9.59 Å². The van der Waals surface area contributed by atoms with Crippen LogP contribution in [-0.4, -0.2) is 28.2 Å². The van der Waals surface area contributed by atoms with Crippen molar-refractivity contribution in [3.63, 3.8) is 0 Å². The zero-order chi connectivity index (χ0) is 13.4. The molecule has 0 spiro atoms. The summed E-state index contributed by atoms with van der Waals surface area (Å²) in [7, 11) is 0. The summed E-state index contributed by atoms with van der Waals surface area (Å²) in [6.45, 7) is 4.93. The van der Waals surface area contributed by atoms with Crippen molar-refractivity contribution in [3.05, 3.63) is 48.1 Å². The van der Waals surface area contributed by atoms with Crippen molar-refractivity contribution < 1.29 is 19.8 Å². The second-order valence-corrected chi connectivity index (χ2v) is 3.12. The molecular weight excluding hydrogens is 222 g/mol. The molecule has 4 N–H and O–H groups in total. The zero-order valence-electron chi connectivity index (χ0n) is 9.46. The molecule has 0 saturated heterocycles. The molecule has 5 heteroatoms. The molecule has 0 aromatic heterocycles. The van der Waals surface area contributed by atoms with Gasteiger partial charge in [0.15, 0.2) is 0 Å². The van der Waals surface area contributed by atoms with Crippen LogP contribution in [0.1, 0.15) is 6.92 Å². The summed E-state index contributed by atoms with van der Waals surface area (Å²) in [5.41, 5.74) is 5.66. The van der Waals surface area contributed by atoms with E-state index in [0.29, 0.717) is 0 Å². The monoisotopic (exact) mass is 237 g/mol. The molecule has 0 fully saturated rings. The number of rotatable bonds is 6. The van der Waals surface area contributed by atoms with Crippen LogP contribution < -0.4 is 5.73 Å². The van der Waals surface area contributed by atoms with E-state index in [-0.39, 0.29) is 11.1 Å². The second-order valence-electron chi connectivity index (χ2n) is 3.12. The maximum absolute atomic E-state index is 10.6. The first-order valence-corrected chi connectivity index (χ1v) is 4.83. The molecule has 0 aromatic rings. The molecule has 0 radical (unpaired) electrons. The van der Waals surface area contributed by atoms with Gasteiger partial charge in [-0.3, -0.25) is 0 Å². The first-order chi connectivity index (χ1) is 7.92. The highest BCUT2D eigenvalue weighted by molar-refractivity contribution is 5.90. The Kier molecular flexibility index (Phi) is 6.28. The van der Waals surface area contributed by atoms with Gasteiger partial charge < -0.3 is 15.9 Å². The van der Waals surface area contributed by atoms with E-state index in [9.17, 15) is 9.59 Å². The van der Waals surface area contributed by atoms with Crippen molar-refractivity contribution in [1.82, 2.24) is 0 Å². The third-order valence-corrected chi connectivity index (χ3v) is 1.89. The van der Waals surface area contributed by atoms with Crippen LogP contribution >= 0.6 is 0 Å². The molecule has 1 unspecified atom stereocenters. The lowest BCUT2D eigenvalue weighted by molar-refractivity contribution is -0.133. The van der Waals surface area contributed by atoms with Gasteiger partial charge in [0.1, 0.15) is 0 Å². The molecule has 0 aromatic carbocycles. The standard InChI is InChI=1S/C12H15NO4/c1-3-8(11(14)15)5-6-10(13)7-9(4-2)12(16)17/h3-7,10H,2,13H2,1H3,(H,14,15)(H,16,17)/b6-5-,8-3+,9-7+. The second kappa shape index (κ2) is 7.19. The lowest BCUT2D eigenvalue weighted by Gasteiger charge is -2.01. The minimum absolute atomic E-state index is 0.0282. The van der Waals surface area contributed by atoms with Crippen molar-refractivity contribution in [2.45, 2.75) is 13.0 Å². The fourth-order valence-electron chi connectivity index (χ4n) is 0.995. The fraction of sp³-hybridized carbons (Fsp3) is 0.167. The molecule has 0 aliphatic carbocycles. The van der Waals surface area contributed by atoms with E-state index in [1.165, 1.54) is 30.4 Å². The van der Waals surface area contributed by atoms with Crippen LogP contribution in [0.5, 0.6) is 0 Å². The summed E-state index contributed by atoms with van der Waals surface area (Å²) in [4.78, 5) is 21.3. The summed E-state index contributed by atoms with van der Waals surface area (Å²) in [6.07, 6.45) is 6.59. The lowest BCUT2D eigenvalue weighted by atomic mass is 10.1. The number of allylic oxidation sites excluding steroid dienone is 1.